The van der Waals surface area contributed by atoms with Crippen molar-refractivity contribution in [2.24, 2.45) is 5.92 Å². The van der Waals surface area contributed by atoms with Gasteiger partial charge in [0.05, 0.1) is 5.92 Å². The lowest BCUT2D eigenvalue weighted by Gasteiger charge is -2.32. The van der Waals surface area contributed by atoms with Crippen molar-refractivity contribution in [2.75, 3.05) is 23.3 Å². The van der Waals surface area contributed by atoms with Gasteiger partial charge in [-0.3, -0.25) is 4.79 Å². The van der Waals surface area contributed by atoms with Gasteiger partial charge in [0.1, 0.15) is 11.6 Å². The summed E-state index contributed by atoms with van der Waals surface area (Å²) in [5.74, 6) is 0.927. The van der Waals surface area contributed by atoms with E-state index < -0.39 is 0 Å². The molecular formula is C24H26FN5O. The molecule has 1 unspecified atom stereocenters. The van der Waals surface area contributed by atoms with Crippen LogP contribution < -0.4 is 15.5 Å². The molecule has 2 heterocycles. The Kier molecular flexibility index (Phi) is 6.40. The van der Waals surface area contributed by atoms with Crippen LogP contribution in [0.5, 0.6) is 0 Å². The lowest BCUT2D eigenvalue weighted by Crippen LogP contribution is -2.43. The molecule has 1 atom stereocenters. The van der Waals surface area contributed by atoms with E-state index in [0.717, 1.165) is 36.5 Å². The highest BCUT2D eigenvalue weighted by atomic mass is 19.1. The molecule has 1 amide bonds. The van der Waals surface area contributed by atoms with Gasteiger partial charge in [0.2, 0.25) is 11.9 Å². The summed E-state index contributed by atoms with van der Waals surface area (Å²) in [4.78, 5) is 23.8. The average molecular weight is 420 g/mol. The van der Waals surface area contributed by atoms with Gasteiger partial charge >= 0.3 is 0 Å². The van der Waals surface area contributed by atoms with Crippen LogP contribution in [0.2, 0.25) is 0 Å². The van der Waals surface area contributed by atoms with E-state index in [1.54, 1.807) is 18.3 Å². The predicted octanol–water partition coefficient (Wildman–Crippen LogP) is 4.20. The molecule has 0 radical (unpaired) electrons. The quantitative estimate of drug-likeness (QED) is 0.627. The molecule has 7 heteroatoms. The maximum absolute atomic E-state index is 13.0. The number of nitrogens with one attached hydrogen (secondary N) is 2. The van der Waals surface area contributed by atoms with Crippen LogP contribution in [0.15, 0.2) is 60.8 Å². The molecule has 160 valence electrons. The van der Waals surface area contributed by atoms with Crippen molar-refractivity contribution < 1.29 is 9.18 Å². The molecular weight excluding hydrogens is 393 g/mol. The summed E-state index contributed by atoms with van der Waals surface area (Å²) >= 11 is 0. The van der Waals surface area contributed by atoms with Gasteiger partial charge in [-0.15, -0.1) is 0 Å². The fraction of sp³-hybridized carbons (Fsp3) is 0.292. The van der Waals surface area contributed by atoms with Gasteiger partial charge in [-0.2, -0.15) is 4.98 Å². The fourth-order valence-corrected chi connectivity index (χ4v) is 3.66. The van der Waals surface area contributed by atoms with Crippen LogP contribution >= 0.6 is 0 Å². The van der Waals surface area contributed by atoms with Crippen molar-refractivity contribution in [1.29, 1.82) is 0 Å². The number of aromatic nitrogens is 2. The van der Waals surface area contributed by atoms with Gasteiger partial charge in [-0.05, 0) is 55.7 Å². The van der Waals surface area contributed by atoms with Gasteiger partial charge in [0.25, 0.3) is 0 Å². The second kappa shape index (κ2) is 9.55. The van der Waals surface area contributed by atoms with Crippen molar-refractivity contribution in [2.45, 2.75) is 26.3 Å². The van der Waals surface area contributed by atoms with E-state index in [9.17, 15) is 9.18 Å². The minimum atomic E-state index is -0.280. The topological polar surface area (TPSA) is 70.2 Å². The Morgan fingerprint density at radius 1 is 1.13 bits per heavy atom. The van der Waals surface area contributed by atoms with Crippen LogP contribution in [0, 0.1) is 18.7 Å². The molecule has 0 spiro atoms. The maximum Gasteiger partial charge on any atom is 0.227 e. The van der Waals surface area contributed by atoms with Crippen LogP contribution in [0.4, 0.5) is 21.8 Å². The van der Waals surface area contributed by atoms with Gasteiger partial charge in [0, 0.05) is 31.5 Å². The minimum Gasteiger partial charge on any atom is -0.352 e. The van der Waals surface area contributed by atoms with Crippen molar-refractivity contribution in [3.05, 3.63) is 77.7 Å². The highest BCUT2D eigenvalue weighted by Gasteiger charge is 2.27. The number of aryl methyl sites for hydroxylation is 1. The zero-order valence-electron chi connectivity index (χ0n) is 17.5. The smallest absolute Gasteiger partial charge is 0.227 e. The number of hydrogen-bond donors (Lipinski definition) is 2. The minimum absolute atomic E-state index is 0.00274. The van der Waals surface area contributed by atoms with Crippen molar-refractivity contribution in [3.63, 3.8) is 0 Å². The Bertz CT molecular complexity index is 1020. The highest BCUT2D eigenvalue weighted by Crippen LogP contribution is 2.23. The molecule has 1 fully saturated rings. The molecule has 2 aromatic carbocycles. The molecule has 1 aliphatic heterocycles. The first-order valence-electron chi connectivity index (χ1n) is 10.5. The highest BCUT2D eigenvalue weighted by molar-refractivity contribution is 5.79. The number of benzene rings is 2. The molecule has 3 aromatic rings. The normalized spacial score (nSPS) is 16.1. The monoisotopic (exact) mass is 419 g/mol. The zero-order valence-corrected chi connectivity index (χ0v) is 17.5. The Morgan fingerprint density at radius 2 is 1.90 bits per heavy atom. The lowest BCUT2D eigenvalue weighted by molar-refractivity contribution is -0.125. The Morgan fingerprint density at radius 3 is 2.68 bits per heavy atom. The summed E-state index contributed by atoms with van der Waals surface area (Å²) in [6.45, 7) is 3.83. The largest absolute Gasteiger partial charge is 0.352 e. The van der Waals surface area contributed by atoms with Gasteiger partial charge in [-0.1, -0.05) is 29.8 Å². The van der Waals surface area contributed by atoms with Crippen LogP contribution in [0.1, 0.15) is 24.0 Å². The number of amides is 1. The SMILES string of the molecule is Cc1ccc(Nc2ccnc(N3CCCC(C(=O)NCc4ccc(F)cc4)C3)n2)cc1. The first-order chi connectivity index (χ1) is 15.1. The molecule has 6 nitrogen and oxygen atoms in total. The molecule has 31 heavy (non-hydrogen) atoms. The van der Waals surface area contributed by atoms with Gasteiger partial charge < -0.3 is 15.5 Å². The third-order valence-corrected chi connectivity index (χ3v) is 5.42. The Balaban J connectivity index is 1.37. The third kappa shape index (κ3) is 5.57. The first-order valence-corrected chi connectivity index (χ1v) is 10.5. The van der Waals surface area contributed by atoms with Gasteiger partial charge in [-0.25, -0.2) is 9.37 Å². The summed E-state index contributed by atoms with van der Waals surface area (Å²) in [6, 6.07) is 16.1. The fourth-order valence-electron chi connectivity index (χ4n) is 3.66. The number of halogens is 1. The van der Waals surface area contributed by atoms with Crippen LogP contribution in [0.25, 0.3) is 0 Å². The van der Waals surface area contributed by atoms with Crippen molar-refractivity contribution in [1.82, 2.24) is 15.3 Å². The molecule has 1 saturated heterocycles. The van der Waals surface area contributed by atoms with E-state index in [1.807, 2.05) is 30.3 Å². The number of hydrogen-bond acceptors (Lipinski definition) is 5. The van der Waals surface area contributed by atoms with E-state index in [0.29, 0.717) is 19.0 Å². The second-order valence-electron chi connectivity index (χ2n) is 7.86. The number of carbonyl (C=O) groups is 1. The molecule has 0 bridgehead atoms. The zero-order chi connectivity index (χ0) is 21.6. The van der Waals surface area contributed by atoms with Crippen LogP contribution in [0.3, 0.4) is 0 Å². The van der Waals surface area contributed by atoms with E-state index >= 15 is 0 Å². The van der Waals surface area contributed by atoms with E-state index in [2.05, 4.69) is 32.4 Å². The molecule has 2 N–H and O–H groups in total. The first kappa shape index (κ1) is 20.8. The Hall–Kier alpha value is -3.48. The number of anilines is 3. The number of rotatable bonds is 6. The summed E-state index contributed by atoms with van der Waals surface area (Å²) in [5.41, 5.74) is 3.04. The summed E-state index contributed by atoms with van der Waals surface area (Å²) in [6.07, 6.45) is 3.46. The van der Waals surface area contributed by atoms with Crippen molar-refractivity contribution >= 4 is 23.4 Å². The average Bonchev–Trinajstić information content (AvgIpc) is 2.80. The molecule has 0 aliphatic carbocycles. The summed E-state index contributed by atoms with van der Waals surface area (Å²) < 4.78 is 13.0. The van der Waals surface area contributed by atoms with E-state index in [1.165, 1.54) is 17.7 Å². The summed E-state index contributed by atoms with van der Waals surface area (Å²) in [7, 11) is 0. The standard InChI is InChI=1S/C24H26FN5O/c1-17-4-10-21(11-5-17)28-22-12-13-26-24(29-22)30-14-2-3-19(16-30)23(31)27-15-18-6-8-20(25)9-7-18/h4-13,19H,2-3,14-16H2,1H3,(H,27,31)(H,26,28,29). The molecule has 1 aliphatic rings. The predicted molar refractivity (Wildman–Crippen MR) is 120 cm³/mol. The second-order valence-corrected chi connectivity index (χ2v) is 7.86. The molecule has 0 saturated carbocycles. The molecule has 1 aromatic heterocycles. The number of piperidine rings is 1. The van der Waals surface area contributed by atoms with Gasteiger partial charge in [0.15, 0.2) is 0 Å². The molecule has 4 rings (SSSR count). The summed E-state index contributed by atoms with van der Waals surface area (Å²) in [5, 5.41) is 6.27. The third-order valence-electron chi connectivity index (χ3n) is 5.42. The number of nitrogens with zero attached hydrogens (tertiary/aromatic N) is 3. The van der Waals surface area contributed by atoms with E-state index in [4.69, 9.17) is 0 Å². The van der Waals surface area contributed by atoms with Crippen LogP contribution in [-0.2, 0) is 11.3 Å². The van der Waals surface area contributed by atoms with Crippen LogP contribution in [-0.4, -0.2) is 29.0 Å². The van der Waals surface area contributed by atoms with E-state index in [-0.39, 0.29) is 17.6 Å². The Labute approximate surface area is 181 Å². The van der Waals surface area contributed by atoms with Crippen molar-refractivity contribution in [3.8, 4) is 0 Å². The lowest BCUT2D eigenvalue weighted by atomic mass is 9.97. The maximum atomic E-state index is 13.0. The number of carbonyl (C=O) groups excluding carboxylic acids is 1.